The molecule has 0 saturated carbocycles. The zero-order valence-electron chi connectivity index (χ0n) is 22.7. The van der Waals surface area contributed by atoms with Crippen LogP contribution in [0.4, 0.5) is 0 Å². The average molecular weight is 508 g/mol. The number of rotatable bonds is 12. The van der Waals surface area contributed by atoms with Crippen molar-refractivity contribution in [1.29, 1.82) is 0 Å². The van der Waals surface area contributed by atoms with Crippen molar-refractivity contribution < 1.29 is 18.9 Å². The first kappa shape index (κ1) is 27.0. The fourth-order valence-electron chi connectivity index (χ4n) is 4.88. The lowest BCUT2D eigenvalue weighted by molar-refractivity contribution is -0.0541. The Bertz CT molecular complexity index is 1110. The van der Waals surface area contributed by atoms with Crippen molar-refractivity contribution in [3.05, 3.63) is 71.8 Å². The maximum Gasteiger partial charge on any atom is 0.161 e. The van der Waals surface area contributed by atoms with E-state index in [-0.39, 0.29) is 5.60 Å². The Morgan fingerprint density at radius 3 is 2.51 bits per heavy atom. The number of nitrogens with zero attached hydrogens (tertiary/aromatic N) is 3. The van der Waals surface area contributed by atoms with Gasteiger partial charge >= 0.3 is 0 Å². The van der Waals surface area contributed by atoms with E-state index in [1.54, 1.807) is 7.11 Å². The summed E-state index contributed by atoms with van der Waals surface area (Å²) in [6.07, 6.45) is 7.73. The average Bonchev–Trinajstić information content (AvgIpc) is 3.22. The standard InChI is InChI=1S/C30H41N3O4/c1-24-7-10-27(11-8-24)37-23-30(35-4)13-5-16-32(18-14-30)22-26-9-12-28(29(21-26)34-3)36-20-6-17-33-19-15-31-25(33)2/h7-12,15,19,21H,5-6,13-14,16-18,20,22-23H2,1-4H3/t30-/m1/s1. The lowest BCUT2D eigenvalue weighted by Gasteiger charge is -2.31. The number of hydrogen-bond acceptors (Lipinski definition) is 6. The quantitative estimate of drug-likeness (QED) is 0.305. The first-order chi connectivity index (χ1) is 18.0. The van der Waals surface area contributed by atoms with Crippen LogP contribution in [0.2, 0.25) is 0 Å². The smallest absolute Gasteiger partial charge is 0.161 e. The number of methoxy groups -OCH3 is 2. The molecule has 0 N–H and O–H groups in total. The molecular formula is C30H41N3O4. The molecule has 2 aromatic carbocycles. The molecule has 37 heavy (non-hydrogen) atoms. The van der Waals surface area contributed by atoms with Gasteiger partial charge in [0.2, 0.25) is 0 Å². The van der Waals surface area contributed by atoms with E-state index in [0.717, 1.165) is 74.9 Å². The maximum absolute atomic E-state index is 6.14. The van der Waals surface area contributed by atoms with Crippen LogP contribution >= 0.6 is 0 Å². The summed E-state index contributed by atoms with van der Waals surface area (Å²) in [5.74, 6) is 3.49. The largest absolute Gasteiger partial charge is 0.493 e. The summed E-state index contributed by atoms with van der Waals surface area (Å²) in [7, 11) is 3.52. The molecule has 1 saturated heterocycles. The third-order valence-electron chi connectivity index (χ3n) is 7.31. The van der Waals surface area contributed by atoms with Crippen LogP contribution in [0, 0.1) is 13.8 Å². The van der Waals surface area contributed by atoms with E-state index in [2.05, 4.69) is 45.6 Å². The number of benzene rings is 2. The Labute approximate surface area is 221 Å². The number of likely N-dealkylation sites (tertiary alicyclic amines) is 1. The third kappa shape index (κ3) is 7.49. The first-order valence-corrected chi connectivity index (χ1v) is 13.2. The van der Waals surface area contributed by atoms with E-state index < -0.39 is 0 Å². The van der Waals surface area contributed by atoms with Crippen LogP contribution in [-0.2, 0) is 17.8 Å². The Morgan fingerprint density at radius 2 is 1.78 bits per heavy atom. The summed E-state index contributed by atoms with van der Waals surface area (Å²) in [4.78, 5) is 6.76. The molecule has 0 amide bonds. The third-order valence-corrected chi connectivity index (χ3v) is 7.31. The molecule has 0 spiro atoms. The van der Waals surface area contributed by atoms with Crippen molar-refractivity contribution in [2.45, 2.75) is 58.2 Å². The van der Waals surface area contributed by atoms with E-state index >= 15 is 0 Å². The van der Waals surface area contributed by atoms with Gasteiger partial charge in [0, 0.05) is 39.1 Å². The number of aryl methyl sites for hydroxylation is 3. The molecule has 4 rings (SSSR count). The summed E-state index contributed by atoms with van der Waals surface area (Å²) in [6.45, 7) is 9.05. The van der Waals surface area contributed by atoms with Crippen LogP contribution in [-0.4, -0.2) is 60.6 Å². The van der Waals surface area contributed by atoms with Gasteiger partial charge in [0.05, 0.1) is 13.7 Å². The van der Waals surface area contributed by atoms with Gasteiger partial charge in [0.1, 0.15) is 23.8 Å². The van der Waals surface area contributed by atoms with Crippen LogP contribution in [0.25, 0.3) is 0 Å². The van der Waals surface area contributed by atoms with Crippen LogP contribution in [0.1, 0.15) is 42.6 Å². The van der Waals surface area contributed by atoms with Gasteiger partial charge in [-0.25, -0.2) is 4.98 Å². The van der Waals surface area contributed by atoms with Crippen molar-refractivity contribution in [1.82, 2.24) is 14.5 Å². The summed E-state index contributed by atoms with van der Waals surface area (Å²) in [6, 6.07) is 14.5. The normalized spacial score (nSPS) is 18.4. The zero-order chi connectivity index (χ0) is 26.1. The van der Waals surface area contributed by atoms with Crippen molar-refractivity contribution in [2.75, 3.05) is 40.5 Å². The predicted octanol–water partition coefficient (Wildman–Crippen LogP) is 5.43. The fraction of sp³-hybridized carbons (Fsp3) is 0.500. The van der Waals surface area contributed by atoms with Crippen molar-refractivity contribution in [3.8, 4) is 17.2 Å². The van der Waals surface area contributed by atoms with Crippen LogP contribution in [0.5, 0.6) is 17.2 Å². The van der Waals surface area contributed by atoms with E-state index in [9.17, 15) is 0 Å². The minimum atomic E-state index is -0.260. The van der Waals surface area contributed by atoms with Gasteiger partial charge < -0.3 is 23.5 Å². The Morgan fingerprint density at radius 1 is 0.946 bits per heavy atom. The molecule has 0 bridgehead atoms. The summed E-state index contributed by atoms with van der Waals surface area (Å²) in [5, 5.41) is 0. The van der Waals surface area contributed by atoms with Gasteiger partial charge in [-0.3, -0.25) is 4.90 Å². The summed E-state index contributed by atoms with van der Waals surface area (Å²) >= 11 is 0. The number of imidazole rings is 1. The van der Waals surface area contributed by atoms with Gasteiger partial charge in [-0.15, -0.1) is 0 Å². The lowest BCUT2D eigenvalue weighted by atomic mass is 9.95. The van der Waals surface area contributed by atoms with Gasteiger partial charge in [0.25, 0.3) is 0 Å². The highest BCUT2D eigenvalue weighted by Gasteiger charge is 2.33. The molecule has 1 atom stereocenters. The fourth-order valence-corrected chi connectivity index (χ4v) is 4.88. The van der Waals surface area contributed by atoms with Crippen molar-refractivity contribution >= 4 is 0 Å². The first-order valence-electron chi connectivity index (χ1n) is 13.2. The highest BCUT2D eigenvalue weighted by molar-refractivity contribution is 5.43. The van der Waals surface area contributed by atoms with E-state index in [1.807, 2.05) is 44.6 Å². The molecule has 7 heteroatoms. The molecule has 2 heterocycles. The predicted molar refractivity (Wildman–Crippen MR) is 146 cm³/mol. The molecule has 1 fully saturated rings. The van der Waals surface area contributed by atoms with Gasteiger partial charge in [-0.1, -0.05) is 23.8 Å². The molecule has 0 radical (unpaired) electrons. The second kappa shape index (κ2) is 13.0. The molecule has 7 nitrogen and oxygen atoms in total. The van der Waals surface area contributed by atoms with Crippen LogP contribution in [0.3, 0.4) is 0 Å². The molecule has 1 aliphatic heterocycles. The van der Waals surface area contributed by atoms with E-state index in [0.29, 0.717) is 13.2 Å². The minimum absolute atomic E-state index is 0.260. The molecular weight excluding hydrogens is 466 g/mol. The molecule has 0 aliphatic carbocycles. The van der Waals surface area contributed by atoms with Crippen molar-refractivity contribution in [3.63, 3.8) is 0 Å². The topological polar surface area (TPSA) is 58.0 Å². The Kier molecular flexibility index (Phi) is 9.47. The minimum Gasteiger partial charge on any atom is -0.493 e. The van der Waals surface area contributed by atoms with Crippen molar-refractivity contribution in [2.24, 2.45) is 0 Å². The van der Waals surface area contributed by atoms with Gasteiger partial charge in [-0.05, 0) is 75.9 Å². The van der Waals surface area contributed by atoms with Gasteiger partial charge in [-0.2, -0.15) is 0 Å². The molecule has 1 aliphatic rings. The maximum atomic E-state index is 6.14. The molecule has 1 aromatic heterocycles. The summed E-state index contributed by atoms with van der Waals surface area (Å²) < 4.78 is 26.0. The van der Waals surface area contributed by atoms with E-state index in [4.69, 9.17) is 18.9 Å². The molecule has 0 unspecified atom stereocenters. The molecule has 3 aromatic rings. The lowest BCUT2D eigenvalue weighted by Crippen LogP contribution is -2.39. The SMILES string of the molecule is COc1cc(CN2CCC[C@@](COc3ccc(C)cc3)(OC)CC2)ccc1OCCCn1ccnc1C. The van der Waals surface area contributed by atoms with E-state index in [1.165, 1.54) is 11.1 Å². The van der Waals surface area contributed by atoms with Gasteiger partial charge in [0.15, 0.2) is 11.5 Å². The van der Waals surface area contributed by atoms with Crippen LogP contribution < -0.4 is 14.2 Å². The molecule has 200 valence electrons. The number of hydrogen-bond donors (Lipinski definition) is 0. The zero-order valence-corrected chi connectivity index (χ0v) is 22.7. The summed E-state index contributed by atoms with van der Waals surface area (Å²) in [5.41, 5.74) is 2.19. The Balaban J connectivity index is 1.28. The highest BCUT2D eigenvalue weighted by Crippen LogP contribution is 2.31. The Hall–Kier alpha value is -3.03. The monoisotopic (exact) mass is 507 g/mol. The number of aromatic nitrogens is 2. The second-order valence-corrected chi connectivity index (χ2v) is 9.97. The second-order valence-electron chi connectivity index (χ2n) is 9.97. The van der Waals surface area contributed by atoms with Crippen LogP contribution in [0.15, 0.2) is 54.9 Å². The number of ether oxygens (including phenoxy) is 4. The highest BCUT2D eigenvalue weighted by atomic mass is 16.5.